The van der Waals surface area contributed by atoms with Gasteiger partial charge in [-0.05, 0) is 12.1 Å². The third-order valence-corrected chi connectivity index (χ3v) is 4.27. The summed E-state index contributed by atoms with van der Waals surface area (Å²) in [4.78, 5) is 1.24. The molecular formula is C12H14ClN3S2. The Hall–Kier alpha value is -0.780. The average Bonchev–Trinajstić information content (AvgIpc) is 2.73. The first-order valence-corrected chi connectivity index (χ1v) is 7.66. The normalized spacial score (nSPS) is 10.9. The Bertz CT molecular complexity index is 514. The van der Waals surface area contributed by atoms with Gasteiger partial charge in [0.2, 0.25) is 0 Å². The van der Waals surface area contributed by atoms with Crippen molar-refractivity contribution in [2.45, 2.75) is 30.5 Å². The lowest BCUT2D eigenvalue weighted by atomic mass is 10.3. The third kappa shape index (κ3) is 3.60. The number of aromatic nitrogens is 2. The van der Waals surface area contributed by atoms with Crippen LogP contribution in [0.2, 0.25) is 4.34 Å². The molecule has 0 atom stereocenters. The molecule has 0 unspecified atom stereocenters. The summed E-state index contributed by atoms with van der Waals surface area (Å²) in [5.41, 5.74) is 1.91. The minimum Gasteiger partial charge on any atom is -0.378 e. The number of rotatable bonds is 5. The quantitative estimate of drug-likeness (QED) is 0.835. The highest BCUT2D eigenvalue weighted by Gasteiger charge is 2.08. The van der Waals surface area contributed by atoms with Crippen LogP contribution in [0.5, 0.6) is 0 Å². The van der Waals surface area contributed by atoms with Gasteiger partial charge < -0.3 is 5.32 Å². The second-order valence-corrected chi connectivity index (χ2v) is 6.98. The molecule has 96 valence electrons. The van der Waals surface area contributed by atoms with E-state index in [9.17, 15) is 0 Å². The van der Waals surface area contributed by atoms with Crippen LogP contribution in [-0.2, 0) is 6.54 Å². The molecule has 2 rings (SSSR count). The van der Waals surface area contributed by atoms with Crippen LogP contribution in [0.3, 0.4) is 0 Å². The van der Waals surface area contributed by atoms with Crippen LogP contribution >= 0.6 is 34.9 Å². The number of hydrogen-bond acceptors (Lipinski definition) is 5. The van der Waals surface area contributed by atoms with E-state index in [1.165, 1.54) is 16.4 Å². The molecule has 1 aromatic carbocycles. The zero-order chi connectivity index (χ0) is 13.0. The van der Waals surface area contributed by atoms with Crippen molar-refractivity contribution in [3.8, 4) is 0 Å². The monoisotopic (exact) mass is 299 g/mol. The first kappa shape index (κ1) is 13.6. The van der Waals surface area contributed by atoms with Crippen LogP contribution in [0.25, 0.3) is 0 Å². The van der Waals surface area contributed by atoms with E-state index in [1.54, 1.807) is 0 Å². The number of para-hydroxylation sites is 1. The number of anilines is 1. The van der Waals surface area contributed by atoms with Gasteiger partial charge in [-0.25, -0.2) is 0 Å². The molecule has 1 heterocycles. The van der Waals surface area contributed by atoms with Crippen LogP contribution in [0, 0.1) is 0 Å². The molecule has 0 saturated heterocycles. The van der Waals surface area contributed by atoms with Crippen LogP contribution in [0.15, 0.2) is 29.2 Å². The number of nitrogens with one attached hydrogen (secondary N) is 1. The zero-order valence-corrected chi connectivity index (χ0v) is 12.6. The summed E-state index contributed by atoms with van der Waals surface area (Å²) in [5.74, 6) is 0. The van der Waals surface area contributed by atoms with Crippen LogP contribution in [0.4, 0.5) is 5.69 Å². The average molecular weight is 300 g/mol. The molecule has 3 nitrogen and oxygen atoms in total. The Morgan fingerprint density at radius 1 is 1.39 bits per heavy atom. The highest BCUT2D eigenvalue weighted by atomic mass is 35.5. The van der Waals surface area contributed by atoms with E-state index in [4.69, 9.17) is 11.6 Å². The number of hydrogen-bond donors (Lipinski definition) is 1. The number of nitrogens with zero attached hydrogens (tertiary/aromatic N) is 2. The van der Waals surface area contributed by atoms with E-state index in [0.29, 0.717) is 16.1 Å². The maximum atomic E-state index is 5.98. The zero-order valence-electron chi connectivity index (χ0n) is 10.2. The molecule has 1 aromatic heterocycles. The molecule has 2 aromatic rings. The van der Waals surface area contributed by atoms with Gasteiger partial charge in [0.15, 0.2) is 0 Å². The Kier molecular flexibility index (Phi) is 4.86. The maximum absolute atomic E-state index is 5.98. The Balaban J connectivity index is 2.07. The van der Waals surface area contributed by atoms with Gasteiger partial charge in [0.05, 0.1) is 6.54 Å². The van der Waals surface area contributed by atoms with Crippen LogP contribution < -0.4 is 5.32 Å². The second-order valence-electron chi connectivity index (χ2n) is 4.01. The van der Waals surface area contributed by atoms with Crippen molar-refractivity contribution in [2.75, 3.05) is 5.32 Å². The molecule has 18 heavy (non-hydrogen) atoms. The van der Waals surface area contributed by atoms with Crippen LogP contribution in [-0.4, -0.2) is 14.8 Å². The topological polar surface area (TPSA) is 37.8 Å². The van der Waals surface area contributed by atoms with Crippen LogP contribution in [0.1, 0.15) is 19.5 Å². The van der Waals surface area contributed by atoms with Gasteiger partial charge in [-0.3, -0.25) is 0 Å². The summed E-state index contributed by atoms with van der Waals surface area (Å²) in [7, 11) is 0. The molecule has 0 aliphatic carbocycles. The molecule has 0 saturated carbocycles. The molecular weight excluding hydrogens is 286 g/mol. The van der Waals surface area contributed by atoms with Gasteiger partial charge in [-0.15, -0.1) is 16.9 Å². The smallest absolute Gasteiger partial charge is 0.139 e. The van der Waals surface area contributed by atoms with Crippen molar-refractivity contribution in [2.24, 2.45) is 0 Å². The Morgan fingerprint density at radius 2 is 2.17 bits per heavy atom. The van der Waals surface area contributed by atoms with Crippen molar-refractivity contribution in [1.29, 1.82) is 0 Å². The van der Waals surface area contributed by atoms with E-state index in [0.717, 1.165) is 11.4 Å². The summed E-state index contributed by atoms with van der Waals surface area (Å²) in [6.45, 7) is 4.97. The van der Waals surface area contributed by atoms with Gasteiger partial charge >= 0.3 is 0 Å². The minimum atomic E-state index is 0.553. The fraction of sp³-hybridized carbons (Fsp3) is 0.333. The van der Waals surface area contributed by atoms with E-state index in [-0.39, 0.29) is 0 Å². The van der Waals surface area contributed by atoms with Crippen molar-refractivity contribution in [3.05, 3.63) is 34.3 Å². The molecule has 0 radical (unpaired) electrons. The first-order chi connectivity index (χ1) is 8.66. The second kappa shape index (κ2) is 6.41. The van der Waals surface area contributed by atoms with Crippen molar-refractivity contribution < 1.29 is 0 Å². The molecule has 0 aliphatic rings. The maximum Gasteiger partial charge on any atom is 0.139 e. The largest absolute Gasteiger partial charge is 0.378 e. The van der Waals surface area contributed by atoms with Gasteiger partial charge in [-0.1, -0.05) is 42.1 Å². The van der Waals surface area contributed by atoms with E-state index in [2.05, 4.69) is 40.9 Å². The molecule has 0 spiro atoms. The van der Waals surface area contributed by atoms with Gasteiger partial charge in [-0.2, -0.15) is 0 Å². The standard InChI is InChI=1S/C12H14ClN3S2/c1-8(2)17-11-6-4-3-5-9(11)14-7-10-12(13)18-16-15-10/h3-6,8,14H,7H2,1-2H3. The predicted octanol–water partition coefficient (Wildman–Crippen LogP) is 4.30. The summed E-state index contributed by atoms with van der Waals surface area (Å²) < 4.78 is 4.47. The number of benzene rings is 1. The molecule has 0 fully saturated rings. The van der Waals surface area contributed by atoms with Gasteiger partial charge in [0.25, 0.3) is 0 Å². The lowest BCUT2D eigenvalue weighted by Crippen LogP contribution is -2.02. The molecule has 0 aliphatic heterocycles. The predicted molar refractivity (Wildman–Crippen MR) is 79.7 cm³/mol. The number of halogens is 1. The summed E-state index contributed by atoms with van der Waals surface area (Å²) in [6, 6.07) is 8.26. The number of thioether (sulfide) groups is 1. The molecule has 6 heteroatoms. The molecule has 0 bridgehead atoms. The molecule has 1 N–H and O–H groups in total. The summed E-state index contributed by atoms with van der Waals surface area (Å²) >= 11 is 9.03. The fourth-order valence-electron chi connectivity index (χ4n) is 1.45. The fourth-order valence-corrected chi connectivity index (χ4v) is 3.01. The van der Waals surface area contributed by atoms with E-state index >= 15 is 0 Å². The summed E-state index contributed by atoms with van der Waals surface area (Å²) in [6.07, 6.45) is 0. The Morgan fingerprint density at radius 3 is 2.83 bits per heavy atom. The first-order valence-electron chi connectivity index (χ1n) is 5.63. The Labute approximate surface area is 120 Å². The van der Waals surface area contributed by atoms with Gasteiger partial charge in [0, 0.05) is 27.4 Å². The lowest BCUT2D eigenvalue weighted by Gasteiger charge is -2.12. The highest BCUT2D eigenvalue weighted by molar-refractivity contribution is 8.00. The SMILES string of the molecule is CC(C)Sc1ccccc1NCc1nnsc1Cl. The summed E-state index contributed by atoms with van der Waals surface area (Å²) in [5, 5.41) is 7.90. The minimum absolute atomic E-state index is 0.553. The molecule has 0 amide bonds. The van der Waals surface area contributed by atoms with Crippen molar-refractivity contribution in [3.63, 3.8) is 0 Å². The van der Waals surface area contributed by atoms with E-state index < -0.39 is 0 Å². The van der Waals surface area contributed by atoms with Gasteiger partial charge in [0.1, 0.15) is 10.0 Å². The third-order valence-electron chi connectivity index (χ3n) is 2.21. The lowest BCUT2D eigenvalue weighted by molar-refractivity contribution is 0.994. The van der Waals surface area contributed by atoms with Crippen molar-refractivity contribution in [1.82, 2.24) is 9.59 Å². The highest BCUT2D eigenvalue weighted by Crippen LogP contribution is 2.30. The van der Waals surface area contributed by atoms with E-state index in [1.807, 2.05) is 23.9 Å². The van der Waals surface area contributed by atoms with Crippen molar-refractivity contribution >= 4 is 40.6 Å².